The summed E-state index contributed by atoms with van der Waals surface area (Å²) in [6.07, 6.45) is 3.38. The Balaban J connectivity index is 2.73. The third-order valence-electron chi connectivity index (χ3n) is 0.315. The van der Waals surface area contributed by atoms with Gasteiger partial charge in [-0.15, -0.1) is 0 Å². The first-order valence-electron chi connectivity index (χ1n) is 1.76. The second-order valence-electron chi connectivity index (χ2n) is 0.770. The summed E-state index contributed by atoms with van der Waals surface area (Å²) in [5.41, 5.74) is 0. The highest BCUT2D eigenvalue weighted by Gasteiger charge is 1.60. The normalized spacial score (nSPS) is 9.67. The molecule has 2 heteroatoms. The molecule has 0 aliphatic carbocycles. The van der Waals surface area contributed by atoms with E-state index < -0.39 is 0 Å². The molecule has 0 fully saturated rings. The quantitative estimate of drug-likeness (QED) is 0.360. The van der Waals surface area contributed by atoms with Gasteiger partial charge in [0.2, 0.25) is 0 Å². The summed E-state index contributed by atoms with van der Waals surface area (Å²) in [6.45, 7) is 1.88. The van der Waals surface area contributed by atoms with Crippen LogP contribution in [-0.2, 0) is 4.84 Å². The Hall–Kier alpha value is -0.530. The number of nitrogens with zero attached hydrogens (tertiary/aromatic N) is 1. The van der Waals surface area contributed by atoms with E-state index in [4.69, 9.17) is 0 Å². The van der Waals surface area contributed by atoms with Crippen molar-refractivity contribution < 1.29 is 4.84 Å². The van der Waals surface area contributed by atoms with Gasteiger partial charge in [-0.25, -0.2) is 0 Å². The molecule has 0 spiro atoms. The Kier molecular flexibility index (Phi) is 4.08. The number of oxime groups is 1. The minimum absolute atomic E-state index is 1.51. The van der Waals surface area contributed by atoms with Crippen molar-refractivity contribution >= 4 is 6.21 Å². The largest absolute Gasteiger partial charge is 0.399 e. The zero-order valence-electron chi connectivity index (χ0n) is 4.01. The number of rotatable bonds is 2. The van der Waals surface area contributed by atoms with Crippen LogP contribution in [0.5, 0.6) is 0 Å². The van der Waals surface area contributed by atoms with Crippen molar-refractivity contribution in [3.63, 3.8) is 0 Å². The maximum Gasteiger partial charge on any atom is 0.106 e. The summed E-state index contributed by atoms with van der Waals surface area (Å²) >= 11 is 0. The molecular formula is C4H8NO. The van der Waals surface area contributed by atoms with Crippen LogP contribution in [0.1, 0.15) is 6.92 Å². The number of hydrogen-bond donors (Lipinski definition) is 0. The van der Waals surface area contributed by atoms with Crippen molar-refractivity contribution in [3.8, 4) is 0 Å². The van der Waals surface area contributed by atoms with Crippen molar-refractivity contribution in [2.75, 3.05) is 7.11 Å². The summed E-state index contributed by atoms with van der Waals surface area (Å²) < 4.78 is 0. The van der Waals surface area contributed by atoms with Crippen LogP contribution in [0.3, 0.4) is 0 Å². The summed E-state index contributed by atoms with van der Waals surface area (Å²) in [5.74, 6) is 0. The molecular weight excluding hydrogens is 78.0 g/mol. The third-order valence-corrected chi connectivity index (χ3v) is 0.315. The molecule has 0 aromatic carbocycles. The Labute approximate surface area is 37.8 Å². The predicted molar refractivity (Wildman–Crippen MR) is 25.5 cm³/mol. The lowest BCUT2D eigenvalue weighted by Gasteiger charge is -1.78. The third kappa shape index (κ3) is 3.47. The molecule has 2 nitrogen and oxygen atoms in total. The average Bonchev–Trinajstić information content (AvgIpc) is 1.61. The zero-order chi connectivity index (χ0) is 4.83. The van der Waals surface area contributed by atoms with E-state index in [1.54, 1.807) is 12.6 Å². The Morgan fingerprint density at radius 1 is 1.67 bits per heavy atom. The first-order chi connectivity index (χ1) is 2.91. The molecule has 6 heavy (non-hydrogen) atoms. The van der Waals surface area contributed by atoms with Gasteiger partial charge >= 0.3 is 0 Å². The summed E-state index contributed by atoms with van der Waals surface area (Å²) in [6, 6.07) is 0. The van der Waals surface area contributed by atoms with E-state index >= 15 is 0 Å². The fourth-order valence-corrected chi connectivity index (χ4v) is 0.122. The molecule has 1 radical (unpaired) electrons. The molecule has 0 saturated heterocycles. The molecule has 0 aromatic rings. The van der Waals surface area contributed by atoms with Crippen LogP contribution in [-0.4, -0.2) is 13.3 Å². The van der Waals surface area contributed by atoms with Crippen molar-refractivity contribution in [1.82, 2.24) is 0 Å². The van der Waals surface area contributed by atoms with Crippen molar-refractivity contribution in [2.24, 2.45) is 5.16 Å². The van der Waals surface area contributed by atoms with Gasteiger partial charge in [0.05, 0.1) is 0 Å². The molecule has 0 rings (SSSR count). The van der Waals surface area contributed by atoms with E-state index in [2.05, 4.69) is 9.99 Å². The van der Waals surface area contributed by atoms with Crippen LogP contribution < -0.4 is 0 Å². The van der Waals surface area contributed by atoms with Crippen LogP contribution in [0, 0.1) is 6.42 Å². The van der Waals surface area contributed by atoms with E-state index in [-0.39, 0.29) is 0 Å². The van der Waals surface area contributed by atoms with Gasteiger partial charge in [-0.3, -0.25) is 0 Å². The molecule has 0 aliphatic rings. The molecule has 0 aliphatic heterocycles. The van der Waals surface area contributed by atoms with Crippen molar-refractivity contribution in [1.29, 1.82) is 0 Å². The molecule has 0 unspecified atom stereocenters. The van der Waals surface area contributed by atoms with E-state index in [1.807, 2.05) is 6.92 Å². The molecule has 0 amide bonds. The lowest BCUT2D eigenvalue weighted by atomic mass is 10.6. The van der Waals surface area contributed by atoms with Crippen LogP contribution in [0.15, 0.2) is 5.16 Å². The monoisotopic (exact) mass is 86.1 g/mol. The molecule has 0 atom stereocenters. The Morgan fingerprint density at radius 3 is 2.50 bits per heavy atom. The van der Waals surface area contributed by atoms with E-state index in [0.717, 1.165) is 0 Å². The lowest BCUT2D eigenvalue weighted by molar-refractivity contribution is 0.215. The van der Waals surface area contributed by atoms with Gasteiger partial charge in [-0.1, -0.05) is 12.1 Å². The van der Waals surface area contributed by atoms with E-state index in [1.165, 1.54) is 7.11 Å². The van der Waals surface area contributed by atoms with Crippen LogP contribution in [0.4, 0.5) is 0 Å². The van der Waals surface area contributed by atoms with Crippen LogP contribution >= 0.6 is 0 Å². The fourth-order valence-electron chi connectivity index (χ4n) is 0.122. The van der Waals surface area contributed by atoms with E-state index in [0.29, 0.717) is 0 Å². The molecule has 0 N–H and O–H groups in total. The smallest absolute Gasteiger partial charge is 0.106 e. The van der Waals surface area contributed by atoms with Crippen LogP contribution in [0.2, 0.25) is 0 Å². The highest BCUT2D eigenvalue weighted by molar-refractivity contribution is 5.65. The summed E-state index contributed by atoms with van der Waals surface area (Å²) in [7, 11) is 1.51. The van der Waals surface area contributed by atoms with Gasteiger partial charge in [0, 0.05) is 12.6 Å². The minimum atomic E-state index is 1.51. The van der Waals surface area contributed by atoms with Crippen LogP contribution in [0.25, 0.3) is 0 Å². The standard InChI is InChI=1S/C4H8NO/c1-3-4-5-6-2/h3-4H,1-2H3. The van der Waals surface area contributed by atoms with Gasteiger partial charge in [0.15, 0.2) is 0 Å². The maximum atomic E-state index is 4.32. The van der Waals surface area contributed by atoms with Crippen molar-refractivity contribution in [3.05, 3.63) is 6.42 Å². The fraction of sp³-hybridized carbons (Fsp3) is 0.500. The topological polar surface area (TPSA) is 21.6 Å². The summed E-state index contributed by atoms with van der Waals surface area (Å²) in [5, 5.41) is 3.41. The summed E-state index contributed by atoms with van der Waals surface area (Å²) in [4.78, 5) is 4.32. The maximum absolute atomic E-state index is 4.32. The predicted octanol–water partition coefficient (Wildman–Crippen LogP) is 0.843. The molecule has 0 aromatic heterocycles. The van der Waals surface area contributed by atoms with Gasteiger partial charge < -0.3 is 4.84 Å². The highest BCUT2D eigenvalue weighted by atomic mass is 16.6. The number of hydrogen-bond acceptors (Lipinski definition) is 2. The van der Waals surface area contributed by atoms with Gasteiger partial charge in [0.1, 0.15) is 7.11 Å². The Bertz CT molecular complexity index is 36.8. The van der Waals surface area contributed by atoms with Crippen molar-refractivity contribution in [2.45, 2.75) is 6.92 Å². The van der Waals surface area contributed by atoms with E-state index in [9.17, 15) is 0 Å². The minimum Gasteiger partial charge on any atom is -0.399 e. The SMILES string of the molecule is C[CH]C=NOC. The molecule has 35 valence electrons. The van der Waals surface area contributed by atoms with Gasteiger partial charge in [-0.2, -0.15) is 0 Å². The second kappa shape index (κ2) is 4.47. The highest BCUT2D eigenvalue weighted by Crippen LogP contribution is 1.65. The van der Waals surface area contributed by atoms with Gasteiger partial charge in [-0.05, 0) is 0 Å². The average molecular weight is 86.1 g/mol. The lowest BCUT2D eigenvalue weighted by Crippen LogP contribution is -1.69. The molecule has 0 heterocycles. The first kappa shape index (κ1) is 5.47. The molecule has 0 bridgehead atoms. The molecule has 0 saturated carbocycles. The second-order valence-corrected chi connectivity index (χ2v) is 0.770. The zero-order valence-corrected chi connectivity index (χ0v) is 4.01. The first-order valence-corrected chi connectivity index (χ1v) is 1.76. The van der Waals surface area contributed by atoms with Gasteiger partial charge in [0.25, 0.3) is 0 Å². The Morgan fingerprint density at radius 2 is 2.33 bits per heavy atom.